The van der Waals surface area contributed by atoms with Crippen LogP contribution < -0.4 is 10.5 Å². The largest absolute Gasteiger partial charge is 0.508 e. The minimum atomic E-state index is -1.33. The monoisotopic (exact) mass is 599 g/mol. The van der Waals surface area contributed by atoms with Crippen LogP contribution in [-0.2, 0) is 16.8 Å². The lowest BCUT2D eigenvalue weighted by Crippen LogP contribution is -2.34. The van der Waals surface area contributed by atoms with Gasteiger partial charge in [0.05, 0.1) is 16.8 Å². The molecule has 0 aliphatic carbocycles. The van der Waals surface area contributed by atoms with Gasteiger partial charge in [0, 0.05) is 28.8 Å². The van der Waals surface area contributed by atoms with Crippen molar-refractivity contribution in [3.05, 3.63) is 76.3 Å². The molecule has 2 aliphatic rings. The van der Waals surface area contributed by atoms with Crippen LogP contribution in [0.25, 0.3) is 0 Å². The highest BCUT2D eigenvalue weighted by molar-refractivity contribution is 5.97. The predicted octanol–water partition coefficient (Wildman–Crippen LogP) is 10.1. The summed E-state index contributed by atoms with van der Waals surface area (Å²) in [4.78, 5) is 13.1. The normalized spacial score (nSPS) is 16.3. The molecule has 0 bridgehead atoms. The van der Waals surface area contributed by atoms with Crippen molar-refractivity contribution in [2.45, 2.75) is 122 Å². The van der Waals surface area contributed by atoms with Gasteiger partial charge in [-0.3, -0.25) is 0 Å². The Morgan fingerprint density at radius 2 is 1.30 bits per heavy atom. The Morgan fingerprint density at radius 1 is 0.705 bits per heavy atom. The molecule has 1 atom stereocenters. The second kappa shape index (κ2) is 14.9. The van der Waals surface area contributed by atoms with Crippen LogP contribution >= 0.6 is 0 Å². The van der Waals surface area contributed by atoms with E-state index < -0.39 is 11.6 Å². The Morgan fingerprint density at radius 3 is 1.93 bits per heavy atom. The Bertz CT molecular complexity index is 1430. The molecule has 2 heterocycles. The average Bonchev–Trinajstić information content (AvgIpc) is 3.30. The number of phenols is 2. The third-order valence-corrected chi connectivity index (χ3v) is 9.39. The van der Waals surface area contributed by atoms with E-state index in [4.69, 9.17) is 15.2 Å². The van der Waals surface area contributed by atoms with Gasteiger partial charge in [-0.15, -0.1) is 0 Å². The maximum absolute atomic E-state index is 13.1. The quantitative estimate of drug-likeness (QED) is 0.0810. The van der Waals surface area contributed by atoms with Gasteiger partial charge < -0.3 is 25.4 Å². The Labute approximate surface area is 262 Å². The van der Waals surface area contributed by atoms with Crippen molar-refractivity contribution in [2.24, 2.45) is 0 Å². The number of ether oxygens (including phenoxy) is 2. The summed E-state index contributed by atoms with van der Waals surface area (Å²) < 4.78 is 12.4. The van der Waals surface area contributed by atoms with Crippen molar-refractivity contribution < 1.29 is 24.5 Å². The molecule has 0 amide bonds. The summed E-state index contributed by atoms with van der Waals surface area (Å²) in [6.45, 7) is 2.27. The molecular weight excluding hydrogens is 550 g/mol. The molecule has 2 aliphatic heterocycles. The number of benzene rings is 3. The first kappa shape index (κ1) is 31.7. The van der Waals surface area contributed by atoms with Crippen LogP contribution in [0.2, 0.25) is 0 Å². The fourth-order valence-corrected chi connectivity index (χ4v) is 7.00. The van der Waals surface area contributed by atoms with Crippen molar-refractivity contribution in [1.82, 2.24) is 0 Å². The molecule has 0 saturated heterocycles. The number of carbonyl (C=O) groups excluding carboxylic acids is 1. The van der Waals surface area contributed by atoms with E-state index in [1.54, 1.807) is 30.3 Å². The lowest BCUT2D eigenvalue weighted by atomic mass is 9.76. The number of hydrogen-bond acceptors (Lipinski definition) is 6. The highest BCUT2D eigenvalue weighted by Crippen LogP contribution is 2.59. The van der Waals surface area contributed by atoms with E-state index in [0.717, 1.165) is 19.3 Å². The fraction of sp³-hybridized carbons (Fsp3) is 0.500. The standard InChI is InChI=1S/C38H49NO5/c1-2-3-4-5-6-7-8-9-10-11-12-13-14-15-16-17-21-29-32(41)26-34-35(36(29)39)38(31-24-23-27(40)25-33(31)43-34)30-22-19-18-20-28(30)37(42)44-38/h18-20,22-26,40-41H,2-17,21,39H2,1H3. The first-order valence-electron chi connectivity index (χ1n) is 17.0. The molecule has 0 radical (unpaired) electrons. The molecule has 0 saturated carbocycles. The number of anilines is 1. The third-order valence-electron chi connectivity index (χ3n) is 9.39. The molecule has 236 valence electrons. The second-order valence-electron chi connectivity index (χ2n) is 12.6. The van der Waals surface area contributed by atoms with Crippen molar-refractivity contribution in [3.8, 4) is 23.0 Å². The molecule has 5 rings (SSSR count). The van der Waals surface area contributed by atoms with Gasteiger partial charge in [-0.05, 0) is 31.0 Å². The van der Waals surface area contributed by atoms with E-state index >= 15 is 0 Å². The van der Waals surface area contributed by atoms with E-state index in [9.17, 15) is 15.0 Å². The van der Waals surface area contributed by atoms with Gasteiger partial charge in [0.1, 0.15) is 23.0 Å². The molecule has 3 aromatic carbocycles. The minimum absolute atomic E-state index is 0.0253. The van der Waals surface area contributed by atoms with Gasteiger partial charge in [0.15, 0.2) is 5.60 Å². The average molecular weight is 600 g/mol. The highest BCUT2D eigenvalue weighted by Gasteiger charge is 2.55. The number of hydrogen-bond donors (Lipinski definition) is 3. The zero-order valence-corrected chi connectivity index (χ0v) is 26.3. The van der Waals surface area contributed by atoms with Gasteiger partial charge in [0.25, 0.3) is 0 Å². The number of rotatable bonds is 17. The number of aromatic hydroxyl groups is 2. The number of carbonyl (C=O) groups is 1. The topological polar surface area (TPSA) is 102 Å². The molecule has 1 unspecified atom stereocenters. The smallest absolute Gasteiger partial charge is 0.340 e. The predicted molar refractivity (Wildman–Crippen MR) is 176 cm³/mol. The number of fused-ring (bicyclic) bond motifs is 6. The molecule has 3 aromatic rings. The summed E-state index contributed by atoms with van der Waals surface area (Å²) in [6.07, 6.45) is 21.4. The van der Waals surface area contributed by atoms with Crippen molar-refractivity contribution in [3.63, 3.8) is 0 Å². The van der Waals surface area contributed by atoms with Crippen LogP contribution in [0.3, 0.4) is 0 Å². The first-order valence-corrected chi connectivity index (χ1v) is 17.0. The highest BCUT2D eigenvalue weighted by atomic mass is 16.6. The summed E-state index contributed by atoms with van der Waals surface area (Å²) in [5.41, 5.74) is 8.79. The van der Waals surface area contributed by atoms with Crippen molar-refractivity contribution in [1.29, 1.82) is 0 Å². The van der Waals surface area contributed by atoms with E-state index in [-0.39, 0.29) is 11.5 Å². The number of phenolic OH excluding ortho intramolecular Hbond substituents is 2. The SMILES string of the molecule is CCCCCCCCCCCCCCCCCCc1c(O)cc2c(c1N)C1(OC(=O)c3ccccc31)c1ccc(O)cc1O2. The van der Waals surface area contributed by atoms with Crippen LogP contribution in [0, 0.1) is 0 Å². The summed E-state index contributed by atoms with van der Waals surface area (Å²) >= 11 is 0. The lowest BCUT2D eigenvalue weighted by molar-refractivity contribution is 0.0226. The summed E-state index contributed by atoms with van der Waals surface area (Å²) in [7, 11) is 0. The van der Waals surface area contributed by atoms with E-state index in [2.05, 4.69) is 6.92 Å². The second-order valence-corrected chi connectivity index (χ2v) is 12.6. The Kier molecular flexibility index (Phi) is 10.7. The maximum Gasteiger partial charge on any atom is 0.340 e. The molecule has 6 nitrogen and oxygen atoms in total. The fourth-order valence-electron chi connectivity index (χ4n) is 7.00. The summed E-state index contributed by atoms with van der Waals surface area (Å²) in [6, 6.07) is 13.6. The van der Waals surface area contributed by atoms with E-state index in [1.165, 1.54) is 89.5 Å². The van der Waals surface area contributed by atoms with E-state index in [1.807, 2.05) is 12.1 Å². The summed E-state index contributed by atoms with van der Waals surface area (Å²) in [5.74, 6) is 0.319. The van der Waals surface area contributed by atoms with Crippen molar-refractivity contribution in [2.75, 3.05) is 5.73 Å². The lowest BCUT2D eigenvalue weighted by Gasteiger charge is -2.38. The molecule has 0 fully saturated rings. The Balaban J connectivity index is 1.16. The maximum atomic E-state index is 13.1. The summed E-state index contributed by atoms with van der Waals surface area (Å²) in [5, 5.41) is 21.2. The minimum Gasteiger partial charge on any atom is -0.508 e. The Hall–Kier alpha value is -3.67. The molecular formula is C38H49NO5. The van der Waals surface area contributed by atoms with Crippen LogP contribution in [0.4, 0.5) is 5.69 Å². The van der Waals surface area contributed by atoms with E-state index in [0.29, 0.717) is 51.4 Å². The van der Waals surface area contributed by atoms with Crippen LogP contribution in [0.15, 0.2) is 48.5 Å². The zero-order chi connectivity index (χ0) is 30.9. The van der Waals surface area contributed by atoms with Crippen LogP contribution in [0.5, 0.6) is 23.0 Å². The number of nitrogens with two attached hydrogens (primary N) is 1. The number of nitrogen functional groups attached to an aromatic ring is 1. The van der Waals surface area contributed by atoms with Crippen LogP contribution in [0.1, 0.15) is 142 Å². The first-order chi connectivity index (χ1) is 21.5. The molecule has 0 aromatic heterocycles. The molecule has 4 N–H and O–H groups in total. The van der Waals surface area contributed by atoms with Crippen molar-refractivity contribution >= 4 is 11.7 Å². The molecule has 44 heavy (non-hydrogen) atoms. The van der Waals surface area contributed by atoms with Gasteiger partial charge in [-0.1, -0.05) is 121 Å². The van der Waals surface area contributed by atoms with Gasteiger partial charge in [0.2, 0.25) is 0 Å². The molecule has 6 heteroatoms. The zero-order valence-electron chi connectivity index (χ0n) is 26.3. The van der Waals surface area contributed by atoms with Gasteiger partial charge >= 0.3 is 5.97 Å². The van der Waals surface area contributed by atoms with Gasteiger partial charge in [-0.2, -0.15) is 0 Å². The molecule has 1 spiro atoms. The third kappa shape index (κ3) is 6.69. The number of unbranched alkanes of at least 4 members (excludes halogenated alkanes) is 15. The number of esters is 1. The van der Waals surface area contributed by atoms with Gasteiger partial charge in [-0.25, -0.2) is 4.79 Å². The van der Waals surface area contributed by atoms with Crippen LogP contribution in [-0.4, -0.2) is 16.2 Å².